The minimum Gasteiger partial charge on any atom is -0.455 e. The zero-order valence-electron chi connectivity index (χ0n) is 13.7. The Bertz CT molecular complexity index is 1150. The maximum atomic E-state index is 13.3. The molecule has 7 nitrogen and oxygen atoms in total. The molecule has 0 aliphatic carbocycles. The van der Waals surface area contributed by atoms with Crippen LogP contribution in [0.1, 0.15) is 11.1 Å². The number of benzene rings is 2. The van der Waals surface area contributed by atoms with Crippen LogP contribution in [-0.2, 0) is 25.3 Å². The first kappa shape index (κ1) is 15.9. The number of amides is 2. The van der Waals surface area contributed by atoms with Crippen molar-refractivity contribution in [2.75, 3.05) is 10.6 Å². The van der Waals surface area contributed by atoms with Crippen LogP contribution >= 0.6 is 15.9 Å². The van der Waals surface area contributed by atoms with E-state index in [4.69, 9.17) is 10.5 Å². The molecule has 2 aromatic carbocycles. The van der Waals surface area contributed by atoms with Crippen LogP contribution in [0.15, 0.2) is 58.4 Å². The number of carbonyl (C=O) groups is 2. The summed E-state index contributed by atoms with van der Waals surface area (Å²) >= 11 is 3.40. The smallest absolute Gasteiger partial charge is 0.275 e. The van der Waals surface area contributed by atoms with Crippen molar-refractivity contribution in [1.82, 2.24) is 0 Å². The maximum absolute atomic E-state index is 13.3. The first-order chi connectivity index (χ1) is 13.0. The van der Waals surface area contributed by atoms with Gasteiger partial charge in [0.25, 0.3) is 5.91 Å². The molecular formula is C19H11BrN4O3. The fourth-order valence-corrected chi connectivity index (χ4v) is 4.73. The van der Waals surface area contributed by atoms with Gasteiger partial charge in [-0.2, -0.15) is 5.26 Å². The van der Waals surface area contributed by atoms with Gasteiger partial charge in [-0.3, -0.25) is 9.59 Å². The molecule has 0 saturated heterocycles. The van der Waals surface area contributed by atoms with Crippen molar-refractivity contribution in [2.24, 2.45) is 5.73 Å². The van der Waals surface area contributed by atoms with Crippen LogP contribution in [0.4, 0.5) is 11.4 Å². The Hall–Kier alpha value is -3.31. The molecule has 3 aliphatic rings. The minimum absolute atomic E-state index is 0.0760. The number of hydrogen-bond acceptors (Lipinski definition) is 5. The molecule has 8 heteroatoms. The first-order valence-electron chi connectivity index (χ1n) is 8.08. The fraction of sp³-hybridized carbons (Fsp3) is 0.105. The van der Waals surface area contributed by atoms with E-state index in [0.29, 0.717) is 27.0 Å². The van der Waals surface area contributed by atoms with Crippen LogP contribution in [0.5, 0.6) is 0 Å². The summed E-state index contributed by atoms with van der Waals surface area (Å²) in [7, 11) is 0. The molecule has 2 atom stereocenters. The van der Waals surface area contributed by atoms with E-state index in [1.165, 1.54) is 0 Å². The van der Waals surface area contributed by atoms with Crippen LogP contribution in [0, 0.1) is 11.3 Å². The average Bonchev–Trinajstić information content (AvgIpc) is 3.20. The highest BCUT2D eigenvalue weighted by Crippen LogP contribution is 2.63. The highest BCUT2D eigenvalue weighted by Gasteiger charge is 2.76. The van der Waals surface area contributed by atoms with Gasteiger partial charge in [-0.1, -0.05) is 34.1 Å². The lowest BCUT2D eigenvalue weighted by molar-refractivity contribution is -0.146. The van der Waals surface area contributed by atoms with E-state index in [-0.39, 0.29) is 11.5 Å². The van der Waals surface area contributed by atoms with Gasteiger partial charge >= 0.3 is 0 Å². The molecule has 0 bridgehead atoms. The highest BCUT2D eigenvalue weighted by molar-refractivity contribution is 9.10. The number of anilines is 2. The maximum Gasteiger partial charge on any atom is 0.275 e. The van der Waals surface area contributed by atoms with Gasteiger partial charge < -0.3 is 21.1 Å². The number of para-hydroxylation sites is 1. The van der Waals surface area contributed by atoms with E-state index in [9.17, 15) is 14.9 Å². The molecule has 3 aliphatic heterocycles. The Morgan fingerprint density at radius 1 is 1.04 bits per heavy atom. The molecule has 0 saturated carbocycles. The number of hydrogen-bond donors (Lipinski definition) is 3. The Kier molecular flexibility index (Phi) is 2.88. The molecule has 2 amide bonds. The van der Waals surface area contributed by atoms with Crippen molar-refractivity contribution in [3.05, 3.63) is 69.5 Å². The summed E-state index contributed by atoms with van der Waals surface area (Å²) in [5, 5.41) is 15.4. The molecule has 5 rings (SSSR count). The molecule has 0 fully saturated rings. The lowest BCUT2D eigenvalue weighted by atomic mass is 9.62. The van der Waals surface area contributed by atoms with Crippen molar-refractivity contribution < 1.29 is 14.3 Å². The van der Waals surface area contributed by atoms with Crippen molar-refractivity contribution in [1.29, 1.82) is 5.26 Å². The topological polar surface area (TPSA) is 117 Å². The van der Waals surface area contributed by atoms with Crippen LogP contribution in [0.3, 0.4) is 0 Å². The van der Waals surface area contributed by atoms with Crippen molar-refractivity contribution in [3.8, 4) is 6.07 Å². The summed E-state index contributed by atoms with van der Waals surface area (Å²) in [6.45, 7) is 0. The summed E-state index contributed by atoms with van der Waals surface area (Å²) in [6, 6.07) is 14.1. The molecule has 0 aromatic heterocycles. The highest BCUT2D eigenvalue weighted by atomic mass is 79.9. The molecule has 0 radical (unpaired) electrons. The Labute approximate surface area is 161 Å². The van der Waals surface area contributed by atoms with Gasteiger partial charge in [0.1, 0.15) is 11.6 Å². The van der Waals surface area contributed by atoms with Crippen molar-refractivity contribution in [3.63, 3.8) is 0 Å². The third kappa shape index (κ3) is 1.57. The number of fused-ring (bicyclic) bond motifs is 5. The van der Waals surface area contributed by atoms with Crippen molar-refractivity contribution in [2.45, 2.75) is 11.0 Å². The fourth-order valence-electron chi connectivity index (χ4n) is 4.37. The largest absolute Gasteiger partial charge is 0.455 e. The Balaban J connectivity index is 1.95. The quantitative estimate of drug-likeness (QED) is 0.601. The van der Waals surface area contributed by atoms with Crippen molar-refractivity contribution >= 4 is 39.1 Å². The molecule has 4 N–H and O–H groups in total. The van der Waals surface area contributed by atoms with Gasteiger partial charge in [0.2, 0.25) is 17.4 Å². The number of nitrogens with zero attached hydrogens (tertiary/aromatic N) is 1. The molecule has 0 unspecified atom stereocenters. The van der Waals surface area contributed by atoms with E-state index >= 15 is 0 Å². The van der Waals surface area contributed by atoms with E-state index in [1.54, 1.807) is 42.5 Å². The summed E-state index contributed by atoms with van der Waals surface area (Å²) in [4.78, 5) is 26.6. The number of ether oxygens (including phenoxy) is 1. The monoisotopic (exact) mass is 422 g/mol. The van der Waals surface area contributed by atoms with Gasteiger partial charge in [0, 0.05) is 27.0 Å². The molecule has 132 valence electrons. The van der Waals surface area contributed by atoms with Gasteiger partial charge in [0.05, 0.1) is 0 Å². The summed E-state index contributed by atoms with van der Waals surface area (Å²) < 4.78 is 6.61. The summed E-state index contributed by atoms with van der Waals surface area (Å²) in [5.74, 6) is -1.30. The van der Waals surface area contributed by atoms with Crippen LogP contribution in [0.2, 0.25) is 0 Å². The molecule has 3 heterocycles. The van der Waals surface area contributed by atoms with Crippen LogP contribution in [0.25, 0.3) is 0 Å². The van der Waals surface area contributed by atoms with Crippen LogP contribution < -0.4 is 16.4 Å². The zero-order chi connectivity index (χ0) is 19.0. The lowest BCUT2D eigenvalue weighted by Crippen LogP contribution is -2.56. The second kappa shape index (κ2) is 4.90. The van der Waals surface area contributed by atoms with Gasteiger partial charge in [-0.15, -0.1) is 0 Å². The zero-order valence-corrected chi connectivity index (χ0v) is 15.3. The molecular weight excluding hydrogens is 412 g/mol. The Morgan fingerprint density at radius 3 is 2.52 bits per heavy atom. The molecule has 27 heavy (non-hydrogen) atoms. The van der Waals surface area contributed by atoms with Gasteiger partial charge in [0.15, 0.2) is 5.41 Å². The number of halogens is 1. The number of nitrogens with two attached hydrogens (primary N) is 1. The van der Waals surface area contributed by atoms with Crippen LogP contribution in [-0.4, -0.2) is 11.8 Å². The molecule has 2 spiro atoms. The first-order valence-corrected chi connectivity index (χ1v) is 8.88. The predicted octanol–water partition coefficient (Wildman–Crippen LogP) is 2.21. The number of nitriles is 1. The second-order valence-corrected chi connectivity index (χ2v) is 7.44. The SMILES string of the molecule is N#CC1=C(N)O[C@]2(C(=O)Nc3ccc(Br)cc32)[C@@]12C(=O)Nc1ccccc12. The average molecular weight is 423 g/mol. The third-order valence-electron chi connectivity index (χ3n) is 5.37. The second-order valence-electron chi connectivity index (χ2n) is 6.53. The number of nitrogens with one attached hydrogen (secondary N) is 2. The lowest BCUT2D eigenvalue weighted by Gasteiger charge is -2.36. The summed E-state index contributed by atoms with van der Waals surface area (Å²) in [5.41, 5.74) is 4.40. The Morgan fingerprint density at radius 2 is 1.74 bits per heavy atom. The van der Waals surface area contributed by atoms with E-state index in [1.807, 2.05) is 6.07 Å². The van der Waals surface area contributed by atoms with E-state index in [0.717, 1.165) is 0 Å². The van der Waals surface area contributed by atoms with Gasteiger partial charge in [-0.05, 0) is 24.3 Å². The number of rotatable bonds is 0. The van der Waals surface area contributed by atoms with E-state index < -0.39 is 22.8 Å². The standard InChI is InChI=1S/C19H11BrN4O3/c20-9-5-6-14-11(7-9)19(17(26)24-14)18(12(8-21)15(22)27-19)10-3-1-2-4-13(10)23-16(18)25/h1-7H,22H2,(H,23,25)(H,24,26)/t18-,19-/m1/s1. The molecule has 2 aromatic rings. The minimum atomic E-state index is -1.81. The normalized spacial score (nSPS) is 27.3. The van der Waals surface area contributed by atoms with E-state index in [2.05, 4.69) is 26.6 Å². The predicted molar refractivity (Wildman–Crippen MR) is 99.1 cm³/mol. The van der Waals surface area contributed by atoms with Gasteiger partial charge in [-0.25, -0.2) is 0 Å². The number of carbonyl (C=O) groups excluding carboxylic acids is 2. The third-order valence-corrected chi connectivity index (χ3v) is 5.87. The summed E-state index contributed by atoms with van der Waals surface area (Å²) in [6.07, 6.45) is 0.